The van der Waals surface area contributed by atoms with Gasteiger partial charge in [-0.3, -0.25) is 4.98 Å². The standard InChI is InChI=1S/C26H24FN9O2/c27-17-6-5-14(11-28)20(10-17)19-4-2-1-3-15(19)12-29-24-33-22-16(9-21-23(37)34-26(38)32-21)13-30-36(22)25(35-24)31-18-7-8-18/h1-6,9-10,13,18,37H,7-8,11-12,28H2,(H,29,31,35)(H2,32,34,38). The first-order chi connectivity index (χ1) is 18.5. The zero-order valence-corrected chi connectivity index (χ0v) is 20.1. The van der Waals surface area contributed by atoms with Crippen molar-refractivity contribution in [1.82, 2.24) is 29.5 Å². The Labute approximate surface area is 214 Å². The van der Waals surface area contributed by atoms with Gasteiger partial charge in [0.1, 0.15) is 11.5 Å². The van der Waals surface area contributed by atoms with Crippen LogP contribution in [-0.2, 0) is 13.1 Å². The molecule has 0 radical (unpaired) electrons. The van der Waals surface area contributed by atoms with Crippen molar-refractivity contribution in [2.24, 2.45) is 10.7 Å². The van der Waals surface area contributed by atoms with Gasteiger partial charge in [0.2, 0.25) is 11.8 Å². The second kappa shape index (κ2) is 9.56. The number of anilines is 1. The Kier molecular flexibility index (Phi) is 5.92. The maximum Gasteiger partial charge on any atom is 0.326 e. The molecule has 38 heavy (non-hydrogen) atoms. The van der Waals surface area contributed by atoms with Crippen LogP contribution in [0.1, 0.15) is 29.7 Å². The molecule has 1 saturated carbocycles. The lowest BCUT2D eigenvalue weighted by Crippen LogP contribution is -2.24. The molecular formula is C26H24FN9O2. The van der Waals surface area contributed by atoms with E-state index in [2.05, 4.69) is 35.3 Å². The van der Waals surface area contributed by atoms with Gasteiger partial charge in [-0.05, 0) is 53.3 Å². The van der Waals surface area contributed by atoms with Gasteiger partial charge in [0, 0.05) is 18.3 Å². The minimum atomic E-state index is -0.526. The molecule has 0 saturated heterocycles. The lowest BCUT2D eigenvalue weighted by molar-refractivity contribution is 0.454. The summed E-state index contributed by atoms with van der Waals surface area (Å²) in [5, 5.41) is 18.2. The maximum absolute atomic E-state index is 14.1. The van der Waals surface area contributed by atoms with Crippen molar-refractivity contribution in [3.8, 4) is 17.0 Å². The molecule has 12 heteroatoms. The highest BCUT2D eigenvalue weighted by molar-refractivity contribution is 5.71. The van der Waals surface area contributed by atoms with Gasteiger partial charge in [-0.2, -0.15) is 19.6 Å². The van der Waals surface area contributed by atoms with Crippen molar-refractivity contribution >= 4 is 17.7 Å². The van der Waals surface area contributed by atoms with Crippen LogP contribution in [0.5, 0.6) is 5.88 Å². The predicted molar refractivity (Wildman–Crippen MR) is 138 cm³/mol. The van der Waals surface area contributed by atoms with Gasteiger partial charge in [-0.25, -0.2) is 14.2 Å². The Balaban J connectivity index is 1.40. The van der Waals surface area contributed by atoms with Crippen LogP contribution in [0.2, 0.25) is 0 Å². The zero-order valence-electron chi connectivity index (χ0n) is 20.1. The first-order valence-corrected chi connectivity index (χ1v) is 12.1. The Morgan fingerprint density at radius 2 is 2.00 bits per heavy atom. The molecule has 6 rings (SSSR count). The fraction of sp³-hybridized carbons (Fsp3) is 0.192. The summed E-state index contributed by atoms with van der Waals surface area (Å²) in [5.74, 6) is -0.290. The summed E-state index contributed by atoms with van der Waals surface area (Å²) in [4.78, 5) is 30.3. The molecule has 0 bridgehead atoms. The second-order valence-corrected chi connectivity index (χ2v) is 9.04. The number of H-pyrrole nitrogens is 2. The van der Waals surface area contributed by atoms with E-state index in [0.29, 0.717) is 29.0 Å². The predicted octanol–water partition coefficient (Wildman–Crippen LogP) is 1.33. The molecule has 3 heterocycles. The van der Waals surface area contributed by atoms with Gasteiger partial charge >= 0.3 is 5.69 Å². The molecule has 1 aliphatic carbocycles. The Morgan fingerprint density at radius 1 is 1.16 bits per heavy atom. The molecule has 1 fully saturated rings. The van der Waals surface area contributed by atoms with Crippen molar-refractivity contribution in [2.75, 3.05) is 5.32 Å². The number of nitrogens with two attached hydrogens (primary N) is 1. The van der Waals surface area contributed by atoms with E-state index in [9.17, 15) is 14.3 Å². The number of rotatable bonds is 7. The van der Waals surface area contributed by atoms with E-state index in [-0.39, 0.29) is 30.0 Å². The zero-order chi connectivity index (χ0) is 26.2. The van der Waals surface area contributed by atoms with Crippen LogP contribution < -0.4 is 27.6 Å². The van der Waals surface area contributed by atoms with E-state index in [1.165, 1.54) is 16.6 Å². The van der Waals surface area contributed by atoms with Crippen LogP contribution in [0.15, 0.2) is 58.4 Å². The number of benzene rings is 2. The fourth-order valence-electron chi connectivity index (χ4n) is 4.25. The van der Waals surface area contributed by atoms with Crippen molar-refractivity contribution < 1.29 is 9.50 Å². The molecule has 192 valence electrons. The minimum Gasteiger partial charge on any atom is -0.493 e. The number of nitrogens with one attached hydrogen (secondary N) is 3. The fourth-order valence-corrected chi connectivity index (χ4v) is 4.25. The smallest absolute Gasteiger partial charge is 0.326 e. The van der Waals surface area contributed by atoms with Crippen LogP contribution >= 0.6 is 0 Å². The molecule has 0 spiro atoms. The lowest BCUT2D eigenvalue weighted by atomic mass is 9.95. The van der Waals surface area contributed by atoms with Crippen LogP contribution in [0, 0.1) is 5.82 Å². The van der Waals surface area contributed by atoms with Crippen molar-refractivity contribution in [3.63, 3.8) is 0 Å². The van der Waals surface area contributed by atoms with Crippen molar-refractivity contribution in [3.05, 3.63) is 92.6 Å². The highest BCUT2D eigenvalue weighted by Crippen LogP contribution is 2.28. The highest BCUT2D eigenvalue weighted by Gasteiger charge is 2.21. The number of aromatic hydroxyl groups is 1. The normalized spacial score (nSPS) is 14.5. The van der Waals surface area contributed by atoms with Gasteiger partial charge in [0.15, 0.2) is 5.65 Å². The molecule has 0 atom stereocenters. The summed E-state index contributed by atoms with van der Waals surface area (Å²) in [6.07, 6.45) is 5.10. The molecule has 0 unspecified atom stereocenters. The van der Waals surface area contributed by atoms with Crippen molar-refractivity contribution in [2.45, 2.75) is 32.0 Å². The third-order valence-corrected chi connectivity index (χ3v) is 6.29. The quantitative estimate of drug-likeness (QED) is 0.219. The monoisotopic (exact) mass is 513 g/mol. The highest BCUT2D eigenvalue weighted by atomic mass is 19.1. The second-order valence-electron chi connectivity index (χ2n) is 9.04. The summed E-state index contributed by atoms with van der Waals surface area (Å²) >= 11 is 0. The van der Waals surface area contributed by atoms with E-state index >= 15 is 0 Å². The van der Waals surface area contributed by atoms with Crippen LogP contribution in [-0.4, -0.2) is 40.7 Å². The number of aromatic nitrogens is 6. The lowest BCUT2D eigenvalue weighted by Gasteiger charge is -2.14. The molecule has 0 aliphatic heterocycles. The number of hydrogen-bond donors (Lipinski definition) is 5. The van der Waals surface area contributed by atoms with Gasteiger partial charge in [-0.1, -0.05) is 30.3 Å². The van der Waals surface area contributed by atoms with Gasteiger partial charge in [0.25, 0.3) is 5.62 Å². The first-order valence-electron chi connectivity index (χ1n) is 12.1. The summed E-state index contributed by atoms with van der Waals surface area (Å²) in [6, 6.07) is 12.5. The van der Waals surface area contributed by atoms with Crippen LogP contribution in [0.25, 0.3) is 22.9 Å². The third kappa shape index (κ3) is 4.64. The largest absolute Gasteiger partial charge is 0.493 e. The Hall–Kier alpha value is -4.84. The number of halogens is 1. The Bertz CT molecular complexity index is 1840. The molecule has 0 amide bonds. The maximum atomic E-state index is 14.1. The number of imidazole rings is 1. The SMILES string of the molecule is NCc1ccc(F)cc1-c1ccccc1CNc1nc(=NC2CC2)n2ncc(=Cc3[nH]c(=O)[nH]c3O)c2n1. The number of aromatic amines is 2. The minimum absolute atomic E-state index is 0.186. The number of nitrogens with zero attached hydrogens (tertiary/aromatic N) is 5. The molecule has 11 nitrogen and oxygen atoms in total. The summed E-state index contributed by atoms with van der Waals surface area (Å²) in [5.41, 5.74) is 9.79. The average molecular weight is 514 g/mol. The van der Waals surface area contributed by atoms with E-state index in [4.69, 9.17) is 5.73 Å². The molecule has 6 N–H and O–H groups in total. The molecule has 1 aliphatic rings. The van der Waals surface area contributed by atoms with E-state index in [1.807, 2.05) is 24.3 Å². The Morgan fingerprint density at radius 3 is 2.76 bits per heavy atom. The van der Waals surface area contributed by atoms with Crippen molar-refractivity contribution in [1.29, 1.82) is 0 Å². The van der Waals surface area contributed by atoms with E-state index in [0.717, 1.165) is 35.1 Å². The van der Waals surface area contributed by atoms with Crippen LogP contribution in [0.3, 0.4) is 0 Å². The summed E-state index contributed by atoms with van der Waals surface area (Å²) in [6.45, 7) is 0.639. The topological polar surface area (TPSA) is 162 Å². The van der Waals surface area contributed by atoms with E-state index in [1.54, 1.807) is 18.3 Å². The van der Waals surface area contributed by atoms with Gasteiger partial charge in [-0.15, -0.1) is 0 Å². The third-order valence-electron chi connectivity index (χ3n) is 6.29. The molecule has 3 aromatic heterocycles. The van der Waals surface area contributed by atoms with Gasteiger partial charge in [0.05, 0.1) is 12.2 Å². The summed E-state index contributed by atoms with van der Waals surface area (Å²) in [7, 11) is 0. The molecule has 5 aromatic rings. The van der Waals surface area contributed by atoms with Gasteiger partial charge < -0.3 is 21.1 Å². The average Bonchev–Trinajstić information content (AvgIpc) is 3.55. The summed E-state index contributed by atoms with van der Waals surface area (Å²) < 4.78 is 15.6. The van der Waals surface area contributed by atoms with E-state index < -0.39 is 5.69 Å². The molecular weight excluding hydrogens is 489 g/mol. The van der Waals surface area contributed by atoms with Crippen LogP contribution in [0.4, 0.5) is 10.3 Å². The number of hydrogen-bond acceptors (Lipinski definition) is 8. The number of fused-ring (bicyclic) bond motifs is 1. The molecule has 2 aromatic carbocycles. The first kappa shape index (κ1) is 23.6.